The summed E-state index contributed by atoms with van der Waals surface area (Å²) >= 11 is 1.57. The fraction of sp³-hybridized carbons (Fsp3) is 0.381. The van der Waals surface area contributed by atoms with Crippen molar-refractivity contribution in [2.24, 2.45) is 5.92 Å². The zero-order valence-corrected chi connectivity index (χ0v) is 16.6. The number of anilines is 1. The molecule has 4 rings (SSSR count). The van der Waals surface area contributed by atoms with Gasteiger partial charge in [0.25, 0.3) is 0 Å². The number of rotatable bonds is 7. The lowest BCUT2D eigenvalue weighted by Crippen LogP contribution is -2.38. The normalized spacial score (nSPS) is 15.6. The zero-order valence-electron chi connectivity index (χ0n) is 15.8. The highest BCUT2D eigenvalue weighted by Crippen LogP contribution is 2.24. The molecule has 1 aliphatic rings. The second kappa shape index (κ2) is 9.12. The molecule has 0 atom stereocenters. The van der Waals surface area contributed by atoms with Gasteiger partial charge in [0.05, 0.1) is 11.2 Å². The molecule has 0 bridgehead atoms. The minimum Gasteiger partial charge on any atom is -0.326 e. The van der Waals surface area contributed by atoms with E-state index in [-0.39, 0.29) is 11.8 Å². The van der Waals surface area contributed by atoms with Crippen LogP contribution in [0, 0.1) is 5.92 Å². The number of hydrogen-bond donors (Lipinski definition) is 1. The zero-order chi connectivity index (χ0) is 19.2. The van der Waals surface area contributed by atoms with Gasteiger partial charge in [-0.2, -0.15) is 5.10 Å². The van der Waals surface area contributed by atoms with Gasteiger partial charge in [-0.05, 0) is 57.1 Å². The fourth-order valence-corrected chi connectivity index (χ4v) is 4.22. The van der Waals surface area contributed by atoms with E-state index in [1.54, 1.807) is 11.3 Å². The summed E-state index contributed by atoms with van der Waals surface area (Å²) < 4.78 is 1.97. The third-order valence-electron chi connectivity index (χ3n) is 5.24. The summed E-state index contributed by atoms with van der Waals surface area (Å²) in [5.41, 5.74) is 4.65. The van der Waals surface area contributed by atoms with Gasteiger partial charge in [0.15, 0.2) is 0 Å². The third-order valence-corrected chi connectivity index (χ3v) is 5.82. The Bertz CT molecular complexity index is 870. The molecule has 0 unspecified atom stereocenters. The average Bonchev–Trinajstić information content (AvgIpc) is 3.43. The molecule has 3 heterocycles. The Labute approximate surface area is 169 Å². The molecule has 1 amide bonds. The molecule has 6 nitrogen and oxygen atoms in total. The Balaban J connectivity index is 1.23. The van der Waals surface area contributed by atoms with Crippen LogP contribution in [0.5, 0.6) is 0 Å². The van der Waals surface area contributed by atoms with Crippen molar-refractivity contribution in [2.75, 3.05) is 25.0 Å². The van der Waals surface area contributed by atoms with Gasteiger partial charge in [-0.25, -0.2) is 4.98 Å². The highest BCUT2D eigenvalue weighted by molar-refractivity contribution is 7.07. The lowest BCUT2D eigenvalue weighted by atomic mass is 9.95. The molecule has 0 aliphatic carbocycles. The van der Waals surface area contributed by atoms with Gasteiger partial charge in [-0.3, -0.25) is 9.48 Å². The summed E-state index contributed by atoms with van der Waals surface area (Å²) in [6.07, 6.45) is 6.73. The Morgan fingerprint density at radius 1 is 1.21 bits per heavy atom. The maximum Gasteiger partial charge on any atom is 0.227 e. The fourth-order valence-electron chi connectivity index (χ4n) is 3.66. The molecule has 0 spiro atoms. The molecule has 2 aromatic heterocycles. The van der Waals surface area contributed by atoms with Crippen LogP contribution in [0.4, 0.5) is 5.69 Å². The Morgan fingerprint density at radius 2 is 2.11 bits per heavy atom. The van der Waals surface area contributed by atoms with Gasteiger partial charge in [0.1, 0.15) is 0 Å². The van der Waals surface area contributed by atoms with Crippen LogP contribution in [0.3, 0.4) is 0 Å². The maximum absolute atomic E-state index is 12.7. The van der Waals surface area contributed by atoms with E-state index in [1.807, 2.05) is 58.3 Å². The first-order valence-electron chi connectivity index (χ1n) is 9.77. The number of aryl methyl sites for hydroxylation is 1. The van der Waals surface area contributed by atoms with Crippen molar-refractivity contribution in [1.29, 1.82) is 0 Å². The second-order valence-corrected chi connectivity index (χ2v) is 7.90. The van der Waals surface area contributed by atoms with E-state index in [0.717, 1.165) is 62.4 Å². The second-order valence-electron chi connectivity index (χ2n) is 7.18. The third kappa shape index (κ3) is 4.85. The number of amides is 1. The summed E-state index contributed by atoms with van der Waals surface area (Å²) in [6, 6.07) is 9.88. The number of benzene rings is 1. The van der Waals surface area contributed by atoms with Gasteiger partial charge in [0, 0.05) is 41.5 Å². The Morgan fingerprint density at radius 3 is 2.86 bits per heavy atom. The summed E-state index contributed by atoms with van der Waals surface area (Å²) in [5.74, 6) is 0.219. The van der Waals surface area contributed by atoms with Crippen LogP contribution < -0.4 is 5.32 Å². The molecule has 28 heavy (non-hydrogen) atoms. The predicted molar refractivity (Wildman–Crippen MR) is 112 cm³/mol. The molecule has 1 aliphatic heterocycles. The van der Waals surface area contributed by atoms with E-state index in [9.17, 15) is 4.79 Å². The van der Waals surface area contributed by atoms with Gasteiger partial charge >= 0.3 is 0 Å². The molecule has 0 radical (unpaired) electrons. The van der Waals surface area contributed by atoms with Crippen LogP contribution in [0.1, 0.15) is 19.3 Å². The Kier molecular flexibility index (Phi) is 6.14. The van der Waals surface area contributed by atoms with Gasteiger partial charge in [-0.15, -0.1) is 11.3 Å². The minimum absolute atomic E-state index is 0.0882. The molecule has 7 heteroatoms. The van der Waals surface area contributed by atoms with Gasteiger partial charge in [-0.1, -0.05) is 12.1 Å². The van der Waals surface area contributed by atoms with Crippen LogP contribution >= 0.6 is 11.3 Å². The molecule has 1 aromatic carbocycles. The topological polar surface area (TPSA) is 63.1 Å². The SMILES string of the molecule is O=C(Nc1cccc(-c2cscn2)c1)C1CCN(CCCn2cccn2)CC1. The molecule has 146 valence electrons. The standard InChI is InChI=1S/C21H25N5OS/c27-21(24-19-5-1-4-18(14-19)20-15-28-16-22-20)17-6-12-25(13-7-17)9-3-11-26-10-2-8-23-26/h1-2,4-5,8,10,14-17H,3,6-7,9,11-13H2,(H,24,27). The number of nitrogens with one attached hydrogen (secondary N) is 1. The van der Waals surface area contributed by atoms with Crippen molar-refractivity contribution in [3.05, 3.63) is 53.6 Å². The smallest absolute Gasteiger partial charge is 0.227 e. The van der Waals surface area contributed by atoms with Crippen LogP contribution in [-0.4, -0.2) is 45.2 Å². The van der Waals surface area contributed by atoms with Crippen molar-refractivity contribution in [2.45, 2.75) is 25.8 Å². The van der Waals surface area contributed by atoms with Gasteiger partial charge in [0.2, 0.25) is 5.91 Å². The quantitative estimate of drug-likeness (QED) is 0.662. The molecule has 1 saturated heterocycles. The van der Waals surface area contributed by atoms with Crippen LogP contribution in [0.25, 0.3) is 11.3 Å². The maximum atomic E-state index is 12.7. The Hall–Kier alpha value is -2.51. The number of thiazole rings is 1. The number of hydrogen-bond acceptors (Lipinski definition) is 5. The summed E-state index contributed by atoms with van der Waals surface area (Å²) in [7, 11) is 0. The number of piperidine rings is 1. The van der Waals surface area contributed by atoms with E-state index in [4.69, 9.17) is 0 Å². The van der Waals surface area contributed by atoms with Crippen molar-refractivity contribution in [1.82, 2.24) is 19.7 Å². The van der Waals surface area contributed by atoms with E-state index in [2.05, 4.69) is 20.3 Å². The number of carbonyl (C=O) groups excluding carboxylic acids is 1. The van der Waals surface area contributed by atoms with E-state index in [1.165, 1.54) is 0 Å². The number of nitrogens with zero attached hydrogens (tertiary/aromatic N) is 4. The van der Waals surface area contributed by atoms with Crippen molar-refractivity contribution in [3.8, 4) is 11.3 Å². The van der Waals surface area contributed by atoms with Crippen molar-refractivity contribution < 1.29 is 4.79 Å². The van der Waals surface area contributed by atoms with Crippen LogP contribution in [0.15, 0.2) is 53.6 Å². The average molecular weight is 396 g/mol. The molecular formula is C21H25N5OS. The lowest BCUT2D eigenvalue weighted by Gasteiger charge is -2.31. The largest absolute Gasteiger partial charge is 0.326 e. The van der Waals surface area contributed by atoms with E-state index < -0.39 is 0 Å². The first-order valence-corrected chi connectivity index (χ1v) is 10.7. The molecular weight excluding hydrogens is 370 g/mol. The lowest BCUT2D eigenvalue weighted by molar-refractivity contribution is -0.121. The number of aromatic nitrogens is 3. The van der Waals surface area contributed by atoms with Crippen LogP contribution in [0.2, 0.25) is 0 Å². The molecule has 1 N–H and O–H groups in total. The van der Waals surface area contributed by atoms with Crippen molar-refractivity contribution >= 4 is 22.9 Å². The first kappa shape index (κ1) is 18.8. The summed E-state index contributed by atoms with van der Waals surface area (Å²) in [5, 5.41) is 9.35. The van der Waals surface area contributed by atoms with E-state index in [0.29, 0.717) is 0 Å². The monoisotopic (exact) mass is 395 g/mol. The summed E-state index contributed by atoms with van der Waals surface area (Å²) in [4.78, 5) is 19.5. The van der Waals surface area contributed by atoms with Crippen LogP contribution in [-0.2, 0) is 11.3 Å². The number of carbonyl (C=O) groups is 1. The minimum atomic E-state index is 0.0882. The first-order chi connectivity index (χ1) is 13.8. The molecule has 0 saturated carbocycles. The highest BCUT2D eigenvalue weighted by Gasteiger charge is 2.24. The number of likely N-dealkylation sites (tertiary alicyclic amines) is 1. The van der Waals surface area contributed by atoms with E-state index >= 15 is 0 Å². The van der Waals surface area contributed by atoms with Gasteiger partial charge < -0.3 is 10.2 Å². The highest BCUT2D eigenvalue weighted by atomic mass is 32.1. The van der Waals surface area contributed by atoms with Crippen molar-refractivity contribution in [3.63, 3.8) is 0 Å². The predicted octanol–water partition coefficient (Wildman–Crippen LogP) is 3.75. The summed E-state index contributed by atoms with van der Waals surface area (Å²) in [6.45, 7) is 3.97. The molecule has 3 aromatic rings. The molecule has 1 fully saturated rings.